The Labute approximate surface area is 138 Å². The second kappa shape index (κ2) is 6.32. The first kappa shape index (κ1) is 15.4. The Bertz CT molecular complexity index is 698. The molecule has 3 rings (SSSR count). The molecule has 1 atom stereocenters. The number of benzene rings is 1. The molecule has 0 aliphatic carbocycles. The monoisotopic (exact) mass is 339 g/mol. The van der Waals surface area contributed by atoms with Crippen LogP contribution >= 0.6 is 23.2 Å². The molecule has 0 spiro atoms. The van der Waals surface area contributed by atoms with E-state index in [-0.39, 0.29) is 0 Å². The first-order valence-corrected chi connectivity index (χ1v) is 7.81. The smallest absolute Gasteiger partial charge is 0.320 e. The lowest BCUT2D eigenvalue weighted by Crippen LogP contribution is -2.35. The highest BCUT2D eigenvalue weighted by molar-refractivity contribution is 6.42. The summed E-state index contributed by atoms with van der Waals surface area (Å²) < 4.78 is 5.82. The molecule has 1 aromatic heterocycles. The van der Waals surface area contributed by atoms with E-state index in [2.05, 4.69) is 0 Å². The topological polar surface area (TPSA) is 53.7 Å². The second-order valence-electron chi connectivity index (χ2n) is 5.36. The van der Waals surface area contributed by atoms with Gasteiger partial charge in [-0.2, -0.15) is 0 Å². The van der Waals surface area contributed by atoms with Crippen LogP contribution in [0, 0.1) is 0 Å². The fourth-order valence-corrected chi connectivity index (χ4v) is 3.06. The number of nitrogens with zero attached hydrogens (tertiary/aromatic N) is 1. The lowest BCUT2D eigenvalue weighted by Gasteiger charge is -2.19. The van der Waals surface area contributed by atoms with Crippen molar-refractivity contribution in [1.82, 2.24) is 4.90 Å². The molecular formula is C16H15Cl2NO3. The van der Waals surface area contributed by atoms with E-state index in [1.165, 1.54) is 0 Å². The molecule has 1 aromatic carbocycles. The summed E-state index contributed by atoms with van der Waals surface area (Å²) in [5.41, 5.74) is 0.844. The number of hydrogen-bond donors (Lipinski definition) is 1. The molecule has 0 saturated carbocycles. The van der Waals surface area contributed by atoms with E-state index in [9.17, 15) is 9.90 Å². The van der Waals surface area contributed by atoms with Gasteiger partial charge in [-0.25, -0.2) is 0 Å². The van der Waals surface area contributed by atoms with Crippen molar-refractivity contribution in [3.63, 3.8) is 0 Å². The molecular weight excluding hydrogens is 325 g/mol. The van der Waals surface area contributed by atoms with E-state index >= 15 is 0 Å². The van der Waals surface area contributed by atoms with Crippen LogP contribution in [-0.4, -0.2) is 28.6 Å². The normalized spacial score (nSPS) is 18.7. The number of carbonyl (C=O) groups is 1. The number of carboxylic acid groups (broad SMARTS) is 1. The third-order valence-corrected chi connectivity index (χ3v) is 4.61. The average Bonchev–Trinajstić information content (AvgIpc) is 3.11. The van der Waals surface area contributed by atoms with Crippen molar-refractivity contribution in [2.24, 2.45) is 0 Å². The highest BCUT2D eigenvalue weighted by Crippen LogP contribution is 2.30. The van der Waals surface area contributed by atoms with Crippen LogP contribution in [0.1, 0.15) is 18.6 Å². The summed E-state index contributed by atoms with van der Waals surface area (Å²) >= 11 is 11.9. The summed E-state index contributed by atoms with van der Waals surface area (Å²) in [4.78, 5) is 13.1. The number of likely N-dealkylation sites (tertiary alicyclic amines) is 1. The zero-order chi connectivity index (χ0) is 15.7. The molecule has 1 fully saturated rings. The van der Waals surface area contributed by atoms with Gasteiger partial charge in [0.25, 0.3) is 0 Å². The van der Waals surface area contributed by atoms with Crippen molar-refractivity contribution >= 4 is 29.2 Å². The molecule has 2 aromatic rings. The van der Waals surface area contributed by atoms with Crippen LogP contribution in [0.15, 0.2) is 34.7 Å². The molecule has 116 valence electrons. The van der Waals surface area contributed by atoms with Crippen LogP contribution in [0.2, 0.25) is 10.0 Å². The van der Waals surface area contributed by atoms with Crippen LogP contribution < -0.4 is 0 Å². The van der Waals surface area contributed by atoms with Crippen molar-refractivity contribution in [3.05, 3.63) is 46.1 Å². The summed E-state index contributed by atoms with van der Waals surface area (Å²) in [6.45, 7) is 1.28. The van der Waals surface area contributed by atoms with Crippen molar-refractivity contribution < 1.29 is 14.3 Å². The van der Waals surface area contributed by atoms with E-state index in [1.807, 2.05) is 23.1 Å². The van der Waals surface area contributed by atoms with Crippen molar-refractivity contribution in [2.45, 2.75) is 25.4 Å². The summed E-state index contributed by atoms with van der Waals surface area (Å²) in [7, 11) is 0. The van der Waals surface area contributed by atoms with E-state index in [4.69, 9.17) is 27.6 Å². The quantitative estimate of drug-likeness (QED) is 0.901. The third-order valence-electron chi connectivity index (χ3n) is 3.87. The van der Waals surface area contributed by atoms with Crippen molar-refractivity contribution in [3.8, 4) is 11.3 Å². The van der Waals surface area contributed by atoms with Crippen molar-refractivity contribution in [1.29, 1.82) is 0 Å². The molecule has 2 heterocycles. The summed E-state index contributed by atoms with van der Waals surface area (Å²) in [6, 6.07) is 8.63. The van der Waals surface area contributed by atoms with Gasteiger partial charge < -0.3 is 9.52 Å². The maximum Gasteiger partial charge on any atom is 0.320 e. The molecule has 0 bridgehead atoms. The van der Waals surface area contributed by atoms with Crippen LogP contribution in [0.25, 0.3) is 11.3 Å². The van der Waals surface area contributed by atoms with Gasteiger partial charge in [0.2, 0.25) is 0 Å². The Balaban J connectivity index is 1.76. The predicted molar refractivity (Wildman–Crippen MR) is 85.2 cm³/mol. The number of rotatable bonds is 4. The van der Waals surface area contributed by atoms with Gasteiger partial charge in [-0.15, -0.1) is 0 Å². The minimum Gasteiger partial charge on any atom is -0.480 e. The minimum atomic E-state index is -0.770. The maximum absolute atomic E-state index is 11.2. The van der Waals surface area contributed by atoms with Crippen LogP contribution in [0.5, 0.6) is 0 Å². The standard InChI is InChI=1S/C16H15Cl2NO3/c17-12-5-3-10(8-13(12)18)15-6-4-11(22-15)9-19-7-1-2-14(19)16(20)21/h3-6,8,14H,1-2,7,9H2,(H,20,21)/t14-/m0/s1. The number of aliphatic carboxylic acids is 1. The summed E-state index contributed by atoms with van der Waals surface area (Å²) in [6.07, 6.45) is 1.59. The molecule has 0 radical (unpaired) electrons. The minimum absolute atomic E-state index is 0.418. The Kier molecular flexibility index (Phi) is 4.43. The molecule has 0 amide bonds. The van der Waals surface area contributed by atoms with E-state index < -0.39 is 12.0 Å². The second-order valence-corrected chi connectivity index (χ2v) is 6.18. The average molecular weight is 340 g/mol. The Morgan fingerprint density at radius 2 is 2.09 bits per heavy atom. The largest absolute Gasteiger partial charge is 0.480 e. The Morgan fingerprint density at radius 3 is 2.82 bits per heavy atom. The SMILES string of the molecule is O=C(O)[C@@H]1CCCN1Cc1ccc(-c2ccc(Cl)c(Cl)c2)o1. The molecule has 1 saturated heterocycles. The van der Waals surface area contributed by atoms with Crippen LogP contribution in [-0.2, 0) is 11.3 Å². The molecule has 4 nitrogen and oxygen atoms in total. The zero-order valence-corrected chi connectivity index (χ0v) is 13.3. The van der Waals surface area contributed by atoms with Gasteiger partial charge >= 0.3 is 5.97 Å². The highest BCUT2D eigenvalue weighted by atomic mass is 35.5. The highest BCUT2D eigenvalue weighted by Gasteiger charge is 2.30. The fourth-order valence-electron chi connectivity index (χ4n) is 2.76. The summed E-state index contributed by atoms with van der Waals surface area (Å²) in [5, 5.41) is 10.2. The van der Waals surface area contributed by atoms with Gasteiger partial charge in [0.05, 0.1) is 16.6 Å². The van der Waals surface area contributed by atoms with Gasteiger partial charge in [-0.05, 0) is 49.7 Å². The van der Waals surface area contributed by atoms with Gasteiger partial charge in [0.1, 0.15) is 17.6 Å². The van der Waals surface area contributed by atoms with Gasteiger partial charge in [0, 0.05) is 5.56 Å². The van der Waals surface area contributed by atoms with Gasteiger partial charge in [-0.1, -0.05) is 23.2 Å². The number of halogens is 2. The summed E-state index contributed by atoms with van der Waals surface area (Å²) in [5.74, 6) is 0.669. The lowest BCUT2D eigenvalue weighted by molar-refractivity contribution is -0.142. The van der Waals surface area contributed by atoms with Crippen LogP contribution in [0.3, 0.4) is 0 Å². The third kappa shape index (κ3) is 3.14. The fraction of sp³-hybridized carbons (Fsp3) is 0.312. The Morgan fingerprint density at radius 1 is 1.27 bits per heavy atom. The molecule has 0 unspecified atom stereocenters. The molecule has 1 N–H and O–H groups in total. The molecule has 6 heteroatoms. The van der Waals surface area contributed by atoms with Crippen molar-refractivity contribution in [2.75, 3.05) is 6.54 Å². The van der Waals surface area contributed by atoms with E-state index in [0.717, 1.165) is 24.3 Å². The van der Waals surface area contributed by atoms with Gasteiger partial charge in [-0.3, -0.25) is 9.69 Å². The Hall–Kier alpha value is -1.49. The molecule has 1 aliphatic heterocycles. The first-order valence-electron chi connectivity index (χ1n) is 7.05. The molecule has 1 aliphatic rings. The zero-order valence-electron chi connectivity index (χ0n) is 11.8. The number of hydrogen-bond acceptors (Lipinski definition) is 3. The van der Waals surface area contributed by atoms with E-state index in [0.29, 0.717) is 28.8 Å². The predicted octanol–water partition coefficient (Wildman–Crippen LogP) is 4.30. The number of carboxylic acids is 1. The first-order chi connectivity index (χ1) is 10.5. The molecule has 22 heavy (non-hydrogen) atoms. The van der Waals surface area contributed by atoms with Crippen LogP contribution in [0.4, 0.5) is 0 Å². The number of furan rings is 1. The van der Waals surface area contributed by atoms with Gasteiger partial charge in [0.15, 0.2) is 0 Å². The van der Waals surface area contributed by atoms with E-state index in [1.54, 1.807) is 12.1 Å². The lowest BCUT2D eigenvalue weighted by atomic mass is 10.2. The maximum atomic E-state index is 11.2.